The second-order valence-corrected chi connectivity index (χ2v) is 9.75. The lowest BCUT2D eigenvalue weighted by Gasteiger charge is -2.26. The second kappa shape index (κ2) is 6.96. The van der Waals surface area contributed by atoms with E-state index in [2.05, 4.69) is 0 Å². The number of hydrogen-bond acceptors (Lipinski definition) is 4. The van der Waals surface area contributed by atoms with Gasteiger partial charge in [-0.05, 0) is 42.0 Å². The van der Waals surface area contributed by atoms with Crippen molar-refractivity contribution in [2.45, 2.75) is 18.6 Å². The third-order valence-corrected chi connectivity index (χ3v) is 7.47. The predicted molar refractivity (Wildman–Crippen MR) is 111 cm³/mol. The highest BCUT2D eigenvalue weighted by Gasteiger charge is 2.52. The summed E-state index contributed by atoms with van der Waals surface area (Å²) >= 11 is 11.8. The van der Waals surface area contributed by atoms with Crippen molar-refractivity contribution in [1.29, 1.82) is 0 Å². The number of ether oxygens (including phenoxy) is 1. The summed E-state index contributed by atoms with van der Waals surface area (Å²) in [7, 11) is -1.52. The molecule has 142 valence electrons. The highest BCUT2D eigenvalue weighted by Crippen LogP contribution is 2.39. The van der Waals surface area contributed by atoms with E-state index in [9.17, 15) is 8.42 Å². The van der Waals surface area contributed by atoms with Gasteiger partial charge in [0.1, 0.15) is 5.75 Å². The molecule has 0 aromatic heterocycles. The van der Waals surface area contributed by atoms with E-state index in [0.29, 0.717) is 22.4 Å². The average Bonchev–Trinajstić information content (AvgIpc) is 3.07. The third kappa shape index (κ3) is 3.39. The predicted octanol–water partition coefficient (Wildman–Crippen LogP) is 3.12. The smallest absolute Gasteiger partial charge is 0.177 e. The zero-order chi connectivity index (χ0) is 19.2. The van der Waals surface area contributed by atoms with Crippen molar-refractivity contribution in [3.8, 4) is 5.75 Å². The lowest BCUT2D eigenvalue weighted by Crippen LogP contribution is -2.37. The van der Waals surface area contributed by atoms with Crippen molar-refractivity contribution < 1.29 is 13.2 Å². The second-order valence-electron chi connectivity index (χ2n) is 6.79. The van der Waals surface area contributed by atoms with Gasteiger partial charge in [-0.15, -0.1) is 0 Å². The summed E-state index contributed by atoms with van der Waals surface area (Å²) in [4.78, 5) is 3.96. The number of fused-ring (bicyclic) bond motifs is 1. The van der Waals surface area contributed by atoms with Gasteiger partial charge in [0.05, 0.1) is 36.4 Å². The van der Waals surface area contributed by atoms with Gasteiger partial charge in [0.15, 0.2) is 14.9 Å². The Labute approximate surface area is 169 Å². The number of para-hydroxylation sites is 2. The first kappa shape index (κ1) is 18.5. The lowest BCUT2D eigenvalue weighted by atomic mass is 10.1. The van der Waals surface area contributed by atoms with Gasteiger partial charge in [-0.3, -0.25) is 0 Å². The molecule has 2 aliphatic heterocycles. The summed E-state index contributed by atoms with van der Waals surface area (Å²) in [5.41, 5.74) is 1.84. The van der Waals surface area contributed by atoms with Crippen LogP contribution in [-0.4, -0.2) is 49.1 Å². The molecule has 2 saturated heterocycles. The number of benzene rings is 2. The third-order valence-electron chi connectivity index (χ3n) is 5.09. The van der Waals surface area contributed by atoms with Crippen molar-refractivity contribution >= 4 is 44.5 Å². The maximum absolute atomic E-state index is 12.4. The molecular formula is C19H19ClN2O3S2. The van der Waals surface area contributed by atoms with Crippen LogP contribution in [0.1, 0.15) is 5.56 Å². The summed E-state index contributed by atoms with van der Waals surface area (Å²) < 4.78 is 30.2. The van der Waals surface area contributed by atoms with E-state index in [-0.39, 0.29) is 23.6 Å². The minimum Gasteiger partial charge on any atom is -0.495 e. The topological polar surface area (TPSA) is 49.9 Å². The van der Waals surface area contributed by atoms with Gasteiger partial charge in [0.2, 0.25) is 0 Å². The van der Waals surface area contributed by atoms with Gasteiger partial charge < -0.3 is 14.5 Å². The van der Waals surface area contributed by atoms with E-state index < -0.39 is 9.84 Å². The SMILES string of the molecule is COc1ccccc1N1C(=S)N(Cc2ccc(Cl)cc2)[C@@H]2CS(=O)(=O)C[C@@H]21. The van der Waals surface area contributed by atoms with Gasteiger partial charge >= 0.3 is 0 Å². The molecule has 2 atom stereocenters. The van der Waals surface area contributed by atoms with Gasteiger partial charge in [0, 0.05) is 11.6 Å². The Balaban J connectivity index is 1.73. The molecule has 0 saturated carbocycles. The molecule has 2 aromatic rings. The molecule has 0 aliphatic carbocycles. The van der Waals surface area contributed by atoms with Crippen molar-refractivity contribution in [2.24, 2.45) is 0 Å². The molecule has 2 aliphatic rings. The quantitative estimate of drug-likeness (QED) is 0.705. The Morgan fingerprint density at radius 2 is 1.78 bits per heavy atom. The molecule has 2 aromatic carbocycles. The van der Waals surface area contributed by atoms with E-state index in [4.69, 9.17) is 28.6 Å². The van der Waals surface area contributed by atoms with Crippen LogP contribution in [0.3, 0.4) is 0 Å². The summed E-state index contributed by atoms with van der Waals surface area (Å²) in [6.45, 7) is 0.540. The molecule has 0 amide bonds. The van der Waals surface area contributed by atoms with Crippen LogP contribution in [0.25, 0.3) is 0 Å². The zero-order valence-corrected chi connectivity index (χ0v) is 17.1. The first-order chi connectivity index (χ1) is 12.9. The fourth-order valence-corrected chi connectivity index (χ4v) is 6.37. The Bertz CT molecular complexity index is 979. The molecule has 2 fully saturated rings. The molecular weight excluding hydrogens is 404 g/mol. The number of rotatable bonds is 4. The summed E-state index contributed by atoms with van der Waals surface area (Å²) in [6.07, 6.45) is 0. The van der Waals surface area contributed by atoms with E-state index in [1.807, 2.05) is 58.3 Å². The van der Waals surface area contributed by atoms with Crippen LogP contribution in [0.5, 0.6) is 5.75 Å². The first-order valence-electron chi connectivity index (χ1n) is 8.57. The number of anilines is 1. The Morgan fingerprint density at radius 3 is 2.48 bits per heavy atom. The Hall–Kier alpha value is -1.83. The fourth-order valence-electron chi connectivity index (χ4n) is 3.86. The Morgan fingerprint density at radius 1 is 1.11 bits per heavy atom. The van der Waals surface area contributed by atoms with E-state index in [1.165, 1.54) is 0 Å². The molecule has 5 nitrogen and oxygen atoms in total. The van der Waals surface area contributed by atoms with Gasteiger partial charge in [-0.2, -0.15) is 0 Å². The van der Waals surface area contributed by atoms with Crippen LogP contribution in [0.15, 0.2) is 48.5 Å². The van der Waals surface area contributed by atoms with E-state index in [1.54, 1.807) is 7.11 Å². The molecule has 0 N–H and O–H groups in total. The van der Waals surface area contributed by atoms with Crippen LogP contribution in [0.4, 0.5) is 5.69 Å². The highest BCUT2D eigenvalue weighted by atomic mass is 35.5. The largest absolute Gasteiger partial charge is 0.495 e. The summed E-state index contributed by atoms with van der Waals surface area (Å²) in [5, 5.41) is 1.29. The van der Waals surface area contributed by atoms with Crippen molar-refractivity contribution in [3.63, 3.8) is 0 Å². The lowest BCUT2D eigenvalue weighted by molar-refractivity contribution is 0.350. The monoisotopic (exact) mass is 422 g/mol. The molecule has 0 spiro atoms. The number of hydrogen-bond donors (Lipinski definition) is 0. The maximum atomic E-state index is 12.4. The molecule has 4 rings (SSSR count). The number of halogens is 1. The minimum atomic E-state index is -3.13. The standard InChI is InChI=1S/C19H19ClN2O3S2/c1-25-18-5-3-2-4-15(18)22-17-12-27(23,24)11-16(17)21(19(22)26)10-13-6-8-14(20)9-7-13/h2-9,16-17H,10-12H2,1H3/t16-,17+/m1/s1. The zero-order valence-electron chi connectivity index (χ0n) is 14.7. The minimum absolute atomic E-state index is 0.0903. The van der Waals surface area contributed by atoms with Crippen molar-refractivity contribution in [3.05, 3.63) is 59.1 Å². The van der Waals surface area contributed by atoms with E-state index in [0.717, 1.165) is 11.3 Å². The first-order valence-corrected chi connectivity index (χ1v) is 11.2. The number of thiocarbonyl (C=S) groups is 1. The summed E-state index contributed by atoms with van der Waals surface area (Å²) in [6, 6.07) is 14.7. The van der Waals surface area contributed by atoms with Crippen LogP contribution < -0.4 is 9.64 Å². The van der Waals surface area contributed by atoms with Crippen LogP contribution in [0, 0.1) is 0 Å². The van der Waals surface area contributed by atoms with E-state index >= 15 is 0 Å². The molecule has 0 radical (unpaired) electrons. The molecule has 2 heterocycles. The molecule has 27 heavy (non-hydrogen) atoms. The molecule has 8 heteroatoms. The fraction of sp³-hybridized carbons (Fsp3) is 0.316. The average molecular weight is 423 g/mol. The number of nitrogens with zero attached hydrogens (tertiary/aromatic N) is 2. The van der Waals surface area contributed by atoms with Crippen molar-refractivity contribution in [2.75, 3.05) is 23.5 Å². The van der Waals surface area contributed by atoms with Gasteiger partial charge in [-0.25, -0.2) is 8.42 Å². The maximum Gasteiger partial charge on any atom is 0.177 e. The molecule has 0 bridgehead atoms. The van der Waals surface area contributed by atoms with Crippen LogP contribution >= 0.6 is 23.8 Å². The highest BCUT2D eigenvalue weighted by molar-refractivity contribution is 7.91. The van der Waals surface area contributed by atoms with Gasteiger partial charge in [0.25, 0.3) is 0 Å². The van der Waals surface area contributed by atoms with Crippen LogP contribution in [0.2, 0.25) is 5.02 Å². The van der Waals surface area contributed by atoms with Crippen LogP contribution in [-0.2, 0) is 16.4 Å². The Kier molecular flexibility index (Phi) is 4.78. The normalized spacial score (nSPS) is 23.6. The summed E-state index contributed by atoms with van der Waals surface area (Å²) in [5.74, 6) is 0.876. The van der Waals surface area contributed by atoms with Crippen molar-refractivity contribution in [1.82, 2.24) is 4.90 Å². The number of methoxy groups -OCH3 is 1. The van der Waals surface area contributed by atoms with Gasteiger partial charge in [-0.1, -0.05) is 35.9 Å². The molecule has 0 unspecified atom stereocenters. The number of sulfone groups is 1.